The Morgan fingerprint density at radius 2 is 2.29 bits per heavy atom. The lowest BCUT2D eigenvalue weighted by Crippen LogP contribution is -2.21. The Morgan fingerprint density at radius 3 is 2.76 bits per heavy atom. The molecule has 0 bridgehead atoms. The molecular weight excluding hydrogens is 264 g/mol. The van der Waals surface area contributed by atoms with Crippen LogP contribution in [-0.2, 0) is 0 Å². The van der Waals surface area contributed by atoms with Gasteiger partial charge in [0.15, 0.2) is 5.82 Å². The number of aryl methyl sites for hydroxylation is 1. The minimum absolute atomic E-state index is 0.167. The van der Waals surface area contributed by atoms with E-state index >= 15 is 0 Å². The van der Waals surface area contributed by atoms with Crippen molar-refractivity contribution in [1.29, 1.82) is 0 Å². The van der Waals surface area contributed by atoms with Crippen LogP contribution in [0.5, 0.6) is 0 Å². The molecule has 2 aromatic rings. The zero-order valence-electron chi connectivity index (χ0n) is 8.65. The highest BCUT2D eigenvalue weighted by molar-refractivity contribution is 7.14. The van der Waals surface area contributed by atoms with E-state index in [0.717, 1.165) is 0 Å². The standard InChI is InChI=1S/C10H7ClN2O3S/c1-4-6(10(15)16)9(14)13-8(12-4)7-5(11)2-3-17-7/h2-3H,1H3,(H,15,16)(H,12,13,14). The van der Waals surface area contributed by atoms with Gasteiger partial charge in [0.25, 0.3) is 5.56 Å². The van der Waals surface area contributed by atoms with Gasteiger partial charge in [0.05, 0.1) is 15.6 Å². The number of H-pyrrole nitrogens is 1. The number of aromatic amines is 1. The number of carboxylic acids is 1. The SMILES string of the molecule is Cc1nc(-c2sccc2Cl)[nH]c(=O)c1C(=O)O. The minimum Gasteiger partial charge on any atom is -0.477 e. The van der Waals surface area contributed by atoms with Gasteiger partial charge < -0.3 is 10.1 Å². The zero-order valence-corrected chi connectivity index (χ0v) is 10.2. The first-order valence-corrected chi connectivity index (χ1v) is 5.84. The van der Waals surface area contributed by atoms with Crippen molar-refractivity contribution >= 4 is 28.9 Å². The molecule has 17 heavy (non-hydrogen) atoms. The van der Waals surface area contributed by atoms with Gasteiger partial charge in [0, 0.05) is 0 Å². The second-order valence-corrected chi connectivity index (χ2v) is 4.60. The molecule has 0 unspecified atom stereocenters. The molecule has 0 fully saturated rings. The maximum atomic E-state index is 11.6. The smallest absolute Gasteiger partial charge is 0.343 e. The number of hydrogen-bond acceptors (Lipinski definition) is 4. The van der Waals surface area contributed by atoms with Crippen LogP contribution in [0.3, 0.4) is 0 Å². The van der Waals surface area contributed by atoms with Gasteiger partial charge in [0.2, 0.25) is 0 Å². The van der Waals surface area contributed by atoms with Gasteiger partial charge in [-0.1, -0.05) is 11.6 Å². The summed E-state index contributed by atoms with van der Waals surface area (Å²) >= 11 is 7.24. The normalized spacial score (nSPS) is 10.5. The summed E-state index contributed by atoms with van der Waals surface area (Å²) in [7, 11) is 0. The summed E-state index contributed by atoms with van der Waals surface area (Å²) in [6, 6.07) is 1.68. The maximum absolute atomic E-state index is 11.6. The molecule has 0 spiro atoms. The molecular formula is C10H7ClN2O3S. The topological polar surface area (TPSA) is 83.0 Å². The third-order valence-electron chi connectivity index (χ3n) is 2.15. The number of halogens is 1. The molecule has 5 nitrogen and oxygen atoms in total. The van der Waals surface area contributed by atoms with Gasteiger partial charge in [-0.25, -0.2) is 9.78 Å². The molecule has 0 aromatic carbocycles. The van der Waals surface area contributed by atoms with E-state index < -0.39 is 11.5 Å². The minimum atomic E-state index is -1.29. The number of aromatic nitrogens is 2. The maximum Gasteiger partial charge on any atom is 0.343 e. The molecule has 2 aromatic heterocycles. The van der Waals surface area contributed by atoms with E-state index in [0.29, 0.717) is 9.90 Å². The van der Waals surface area contributed by atoms with Gasteiger partial charge in [0.1, 0.15) is 5.56 Å². The second kappa shape index (κ2) is 4.31. The van der Waals surface area contributed by atoms with Crippen LogP contribution < -0.4 is 5.56 Å². The fourth-order valence-electron chi connectivity index (χ4n) is 1.41. The Kier molecular flexibility index (Phi) is 2.99. The Hall–Kier alpha value is -1.66. The van der Waals surface area contributed by atoms with Crippen molar-refractivity contribution in [2.75, 3.05) is 0 Å². The highest BCUT2D eigenvalue weighted by atomic mass is 35.5. The number of nitrogens with one attached hydrogen (secondary N) is 1. The highest BCUT2D eigenvalue weighted by Crippen LogP contribution is 2.30. The molecule has 0 amide bonds. The van der Waals surface area contributed by atoms with Crippen molar-refractivity contribution in [3.63, 3.8) is 0 Å². The van der Waals surface area contributed by atoms with E-state index in [1.165, 1.54) is 18.3 Å². The summed E-state index contributed by atoms with van der Waals surface area (Å²) in [6.07, 6.45) is 0. The van der Waals surface area contributed by atoms with Crippen molar-refractivity contribution in [3.05, 3.63) is 38.1 Å². The van der Waals surface area contributed by atoms with Crippen LogP contribution in [0.2, 0.25) is 5.02 Å². The van der Waals surface area contributed by atoms with E-state index in [-0.39, 0.29) is 17.1 Å². The second-order valence-electron chi connectivity index (χ2n) is 3.28. The third-order valence-corrected chi connectivity index (χ3v) is 3.49. The molecule has 0 aliphatic rings. The average Bonchev–Trinajstić information content (AvgIpc) is 2.62. The summed E-state index contributed by atoms with van der Waals surface area (Å²) in [5, 5.41) is 11.1. The van der Waals surface area contributed by atoms with E-state index in [1.54, 1.807) is 11.4 Å². The Labute approximate surface area is 105 Å². The molecule has 2 rings (SSSR count). The molecule has 0 atom stereocenters. The molecule has 88 valence electrons. The third kappa shape index (κ3) is 2.09. The Balaban J connectivity index is 2.65. The number of hydrogen-bond donors (Lipinski definition) is 2. The Morgan fingerprint density at radius 1 is 1.59 bits per heavy atom. The first kappa shape index (κ1) is 11.8. The fourth-order valence-corrected chi connectivity index (χ4v) is 2.50. The molecule has 0 aliphatic heterocycles. The molecule has 7 heteroatoms. The van der Waals surface area contributed by atoms with E-state index in [1.807, 2.05) is 0 Å². The number of carbonyl (C=O) groups is 1. The first-order valence-electron chi connectivity index (χ1n) is 4.58. The average molecular weight is 271 g/mol. The van der Waals surface area contributed by atoms with Crippen molar-refractivity contribution in [1.82, 2.24) is 9.97 Å². The lowest BCUT2D eigenvalue weighted by atomic mass is 10.2. The van der Waals surface area contributed by atoms with E-state index in [4.69, 9.17) is 16.7 Å². The first-order chi connectivity index (χ1) is 8.00. The van der Waals surface area contributed by atoms with Gasteiger partial charge >= 0.3 is 5.97 Å². The summed E-state index contributed by atoms with van der Waals surface area (Å²) in [5.74, 6) is -1.00. The predicted molar refractivity (Wildman–Crippen MR) is 64.9 cm³/mol. The Bertz CT molecular complexity index is 647. The predicted octanol–water partition coefficient (Wildman–Crippen LogP) is 2.16. The van der Waals surface area contributed by atoms with Crippen LogP contribution in [0.25, 0.3) is 10.7 Å². The van der Waals surface area contributed by atoms with Crippen molar-refractivity contribution in [2.45, 2.75) is 6.92 Å². The van der Waals surface area contributed by atoms with Crippen LogP contribution in [0.4, 0.5) is 0 Å². The van der Waals surface area contributed by atoms with Gasteiger partial charge in [-0.15, -0.1) is 11.3 Å². The fraction of sp³-hybridized carbons (Fsp3) is 0.100. The number of carboxylic acid groups (broad SMARTS) is 1. The van der Waals surface area contributed by atoms with E-state index in [2.05, 4.69) is 9.97 Å². The number of thiophene rings is 1. The van der Waals surface area contributed by atoms with Gasteiger partial charge in [-0.05, 0) is 18.4 Å². The highest BCUT2D eigenvalue weighted by Gasteiger charge is 2.17. The molecule has 2 N–H and O–H groups in total. The van der Waals surface area contributed by atoms with Gasteiger partial charge in [-0.2, -0.15) is 0 Å². The molecule has 2 heterocycles. The van der Waals surface area contributed by atoms with Crippen LogP contribution >= 0.6 is 22.9 Å². The number of aromatic carboxylic acids is 1. The van der Waals surface area contributed by atoms with E-state index in [9.17, 15) is 9.59 Å². The number of nitrogens with zero attached hydrogens (tertiary/aromatic N) is 1. The van der Waals surface area contributed by atoms with Crippen LogP contribution in [0.15, 0.2) is 16.2 Å². The lowest BCUT2D eigenvalue weighted by molar-refractivity contribution is 0.0693. The summed E-state index contributed by atoms with van der Waals surface area (Å²) in [6.45, 7) is 1.48. The van der Waals surface area contributed by atoms with Crippen molar-refractivity contribution in [2.24, 2.45) is 0 Å². The molecule has 0 radical (unpaired) electrons. The summed E-state index contributed by atoms with van der Waals surface area (Å²) in [5.41, 5.74) is -0.855. The molecule has 0 aliphatic carbocycles. The molecule has 0 saturated heterocycles. The summed E-state index contributed by atoms with van der Waals surface area (Å²) in [4.78, 5) is 29.5. The lowest BCUT2D eigenvalue weighted by Gasteiger charge is -2.02. The van der Waals surface area contributed by atoms with Crippen molar-refractivity contribution in [3.8, 4) is 10.7 Å². The van der Waals surface area contributed by atoms with Crippen molar-refractivity contribution < 1.29 is 9.90 Å². The largest absolute Gasteiger partial charge is 0.477 e. The molecule has 0 saturated carbocycles. The van der Waals surface area contributed by atoms with Crippen LogP contribution in [0.1, 0.15) is 16.1 Å². The monoisotopic (exact) mass is 270 g/mol. The quantitative estimate of drug-likeness (QED) is 0.876. The van der Waals surface area contributed by atoms with Gasteiger partial charge in [-0.3, -0.25) is 4.79 Å². The number of rotatable bonds is 2. The summed E-state index contributed by atoms with van der Waals surface area (Å²) < 4.78 is 0. The van der Waals surface area contributed by atoms with Crippen LogP contribution in [0, 0.1) is 6.92 Å². The zero-order chi connectivity index (χ0) is 12.6. The van der Waals surface area contributed by atoms with Crippen LogP contribution in [-0.4, -0.2) is 21.0 Å².